The van der Waals surface area contributed by atoms with Crippen LogP contribution < -0.4 is 0 Å². The van der Waals surface area contributed by atoms with Gasteiger partial charge in [-0.15, -0.1) is 0 Å². The zero-order valence-electron chi connectivity index (χ0n) is 9.53. The van der Waals surface area contributed by atoms with Crippen LogP contribution >= 0.6 is 11.5 Å². The minimum atomic E-state index is -0.0565. The average Bonchev–Trinajstić information content (AvgIpc) is 2.52. The minimum Gasteiger partial charge on any atom is -0.377 e. The fraction of sp³-hybridized carbons (Fsp3) is 0.700. The molecule has 0 saturated heterocycles. The molecule has 0 fully saturated rings. The molecular weight excluding hydrogens is 212 g/mol. The Kier molecular flexibility index (Phi) is 3.93. The average molecular weight is 228 g/mol. The van der Waals surface area contributed by atoms with Gasteiger partial charge in [0.05, 0.1) is 6.42 Å². The SMILES string of the molecule is COCC(=O)Cc1nc(C(C)(C)C)ns1. The second-order valence-electron chi connectivity index (χ2n) is 4.41. The molecule has 1 aromatic heterocycles. The number of methoxy groups -OCH3 is 1. The predicted molar refractivity (Wildman–Crippen MR) is 59.2 cm³/mol. The summed E-state index contributed by atoms with van der Waals surface area (Å²) in [4.78, 5) is 15.6. The van der Waals surface area contributed by atoms with Crippen molar-refractivity contribution in [2.75, 3.05) is 13.7 Å². The van der Waals surface area contributed by atoms with Crippen molar-refractivity contribution in [3.8, 4) is 0 Å². The molecule has 4 nitrogen and oxygen atoms in total. The molecule has 1 heterocycles. The highest BCUT2D eigenvalue weighted by Crippen LogP contribution is 2.20. The van der Waals surface area contributed by atoms with E-state index in [0.29, 0.717) is 6.42 Å². The number of Topliss-reactive ketones (excluding diaryl/α,β-unsaturated/α-hetero) is 1. The third-order valence-electron chi connectivity index (χ3n) is 1.79. The van der Waals surface area contributed by atoms with E-state index in [4.69, 9.17) is 4.74 Å². The van der Waals surface area contributed by atoms with E-state index in [9.17, 15) is 4.79 Å². The Bertz CT molecular complexity index is 341. The molecule has 5 heteroatoms. The number of carbonyl (C=O) groups excluding carboxylic acids is 1. The first-order valence-corrected chi connectivity index (χ1v) is 5.54. The monoisotopic (exact) mass is 228 g/mol. The minimum absolute atomic E-state index is 0.0362. The summed E-state index contributed by atoms with van der Waals surface area (Å²) in [5.41, 5.74) is -0.0565. The molecule has 0 saturated carbocycles. The Morgan fingerprint density at radius 2 is 2.13 bits per heavy atom. The molecule has 0 bridgehead atoms. The molecule has 0 aromatic carbocycles. The first-order chi connectivity index (χ1) is 6.93. The largest absolute Gasteiger partial charge is 0.377 e. The second-order valence-corrected chi connectivity index (χ2v) is 5.25. The van der Waals surface area contributed by atoms with Gasteiger partial charge < -0.3 is 4.74 Å². The van der Waals surface area contributed by atoms with E-state index in [1.54, 1.807) is 0 Å². The van der Waals surface area contributed by atoms with Crippen molar-refractivity contribution < 1.29 is 9.53 Å². The van der Waals surface area contributed by atoms with Gasteiger partial charge in [0.1, 0.15) is 17.4 Å². The van der Waals surface area contributed by atoms with Gasteiger partial charge in [-0.3, -0.25) is 4.79 Å². The number of nitrogens with zero attached hydrogens (tertiary/aromatic N) is 2. The lowest BCUT2D eigenvalue weighted by Gasteiger charge is -2.12. The van der Waals surface area contributed by atoms with E-state index >= 15 is 0 Å². The summed E-state index contributed by atoms with van der Waals surface area (Å²) in [6.07, 6.45) is 0.321. The summed E-state index contributed by atoms with van der Waals surface area (Å²) in [6, 6.07) is 0. The molecule has 0 aliphatic rings. The second kappa shape index (κ2) is 4.81. The third kappa shape index (κ3) is 3.68. The summed E-state index contributed by atoms with van der Waals surface area (Å²) >= 11 is 1.29. The Morgan fingerprint density at radius 1 is 1.47 bits per heavy atom. The van der Waals surface area contributed by atoms with E-state index < -0.39 is 0 Å². The molecule has 0 aliphatic carbocycles. The molecule has 0 spiro atoms. The molecule has 1 aromatic rings. The van der Waals surface area contributed by atoms with Crippen LogP contribution in [0.4, 0.5) is 0 Å². The molecule has 0 radical (unpaired) electrons. The molecule has 0 unspecified atom stereocenters. The van der Waals surface area contributed by atoms with Crippen molar-refractivity contribution in [3.05, 3.63) is 10.8 Å². The first-order valence-electron chi connectivity index (χ1n) is 4.77. The topological polar surface area (TPSA) is 52.1 Å². The highest BCUT2D eigenvalue weighted by Gasteiger charge is 2.20. The van der Waals surface area contributed by atoms with Gasteiger partial charge in [-0.25, -0.2) is 4.98 Å². The van der Waals surface area contributed by atoms with E-state index in [-0.39, 0.29) is 17.8 Å². The van der Waals surface area contributed by atoms with Crippen molar-refractivity contribution in [3.63, 3.8) is 0 Å². The molecule has 15 heavy (non-hydrogen) atoms. The van der Waals surface area contributed by atoms with Gasteiger partial charge >= 0.3 is 0 Å². The van der Waals surface area contributed by atoms with Crippen LogP contribution in [-0.4, -0.2) is 28.9 Å². The zero-order valence-corrected chi connectivity index (χ0v) is 10.3. The quantitative estimate of drug-likeness (QED) is 0.785. The molecule has 1 rings (SSSR count). The van der Waals surface area contributed by atoms with Crippen LogP contribution in [0.3, 0.4) is 0 Å². The van der Waals surface area contributed by atoms with E-state index in [1.807, 2.05) is 0 Å². The standard InChI is InChI=1S/C10H16N2O2S/c1-10(2,3)9-11-8(15-12-9)5-7(13)6-14-4/h5-6H2,1-4H3. The van der Waals surface area contributed by atoms with Gasteiger partial charge in [0.15, 0.2) is 5.78 Å². The van der Waals surface area contributed by atoms with Crippen molar-refractivity contribution in [1.29, 1.82) is 0 Å². The smallest absolute Gasteiger partial charge is 0.165 e. The number of hydrogen-bond donors (Lipinski definition) is 0. The molecular formula is C10H16N2O2S. The maximum atomic E-state index is 11.3. The highest BCUT2D eigenvalue weighted by molar-refractivity contribution is 7.05. The summed E-state index contributed by atoms with van der Waals surface area (Å²) < 4.78 is 8.99. The zero-order chi connectivity index (χ0) is 11.5. The van der Waals surface area contributed by atoms with Crippen molar-refractivity contribution in [2.45, 2.75) is 32.6 Å². The number of aromatic nitrogens is 2. The van der Waals surface area contributed by atoms with Crippen LogP contribution in [0.2, 0.25) is 0 Å². The van der Waals surface area contributed by atoms with E-state index in [1.165, 1.54) is 18.6 Å². The van der Waals surface area contributed by atoms with Gasteiger partial charge in [0.2, 0.25) is 0 Å². The lowest BCUT2D eigenvalue weighted by Crippen LogP contribution is -2.14. The number of rotatable bonds is 4. The van der Waals surface area contributed by atoms with E-state index in [0.717, 1.165) is 10.8 Å². The summed E-state index contributed by atoms with van der Waals surface area (Å²) in [7, 11) is 1.51. The number of ketones is 1. The first kappa shape index (κ1) is 12.3. The third-order valence-corrected chi connectivity index (χ3v) is 2.50. The number of ether oxygens (including phenoxy) is 1. The van der Waals surface area contributed by atoms with Crippen LogP contribution in [-0.2, 0) is 21.4 Å². The Labute approximate surface area is 93.8 Å². The fourth-order valence-corrected chi connectivity index (χ4v) is 1.87. The van der Waals surface area contributed by atoms with Gasteiger partial charge in [-0.2, -0.15) is 4.37 Å². The predicted octanol–water partition coefficient (Wildman–Crippen LogP) is 1.59. The summed E-state index contributed by atoms with van der Waals surface area (Å²) in [5.74, 6) is 0.835. The van der Waals surface area contributed by atoms with Gasteiger partial charge in [-0.05, 0) is 11.5 Å². The van der Waals surface area contributed by atoms with Crippen molar-refractivity contribution in [1.82, 2.24) is 9.36 Å². The lowest BCUT2D eigenvalue weighted by molar-refractivity contribution is -0.121. The molecule has 0 N–H and O–H groups in total. The molecule has 84 valence electrons. The Hall–Kier alpha value is -0.810. The van der Waals surface area contributed by atoms with Crippen LogP contribution in [0, 0.1) is 0 Å². The lowest BCUT2D eigenvalue weighted by atomic mass is 9.96. The molecule has 0 amide bonds. The van der Waals surface area contributed by atoms with Crippen LogP contribution in [0.25, 0.3) is 0 Å². The Morgan fingerprint density at radius 3 is 2.60 bits per heavy atom. The van der Waals surface area contributed by atoms with Gasteiger partial charge in [0.25, 0.3) is 0 Å². The van der Waals surface area contributed by atoms with Crippen molar-refractivity contribution in [2.24, 2.45) is 0 Å². The number of hydrogen-bond acceptors (Lipinski definition) is 5. The normalized spacial score (nSPS) is 11.7. The summed E-state index contributed by atoms with van der Waals surface area (Å²) in [5, 5.41) is 0.766. The van der Waals surface area contributed by atoms with Crippen molar-refractivity contribution >= 4 is 17.3 Å². The van der Waals surface area contributed by atoms with Crippen LogP contribution in [0.5, 0.6) is 0 Å². The Balaban J connectivity index is 2.65. The van der Waals surface area contributed by atoms with Crippen LogP contribution in [0.15, 0.2) is 0 Å². The maximum absolute atomic E-state index is 11.3. The molecule has 0 aliphatic heterocycles. The van der Waals surface area contributed by atoms with Gasteiger partial charge in [-0.1, -0.05) is 20.8 Å². The van der Waals surface area contributed by atoms with Crippen LogP contribution in [0.1, 0.15) is 31.6 Å². The highest BCUT2D eigenvalue weighted by atomic mass is 32.1. The summed E-state index contributed by atoms with van der Waals surface area (Å²) in [6.45, 7) is 6.30. The fourth-order valence-electron chi connectivity index (χ4n) is 1.01. The van der Waals surface area contributed by atoms with Gasteiger partial charge in [0, 0.05) is 12.5 Å². The number of carbonyl (C=O) groups is 1. The van der Waals surface area contributed by atoms with E-state index in [2.05, 4.69) is 30.1 Å². The molecule has 0 atom stereocenters. The maximum Gasteiger partial charge on any atom is 0.165 e.